The van der Waals surface area contributed by atoms with Gasteiger partial charge in [-0.1, -0.05) is 12.1 Å². The van der Waals surface area contributed by atoms with E-state index < -0.39 is 28.8 Å². The highest BCUT2D eigenvalue weighted by atomic mass is 19.1. The number of benzene rings is 2. The van der Waals surface area contributed by atoms with Crippen molar-refractivity contribution in [2.24, 2.45) is 0 Å². The molecule has 0 aliphatic heterocycles. The maximum absolute atomic E-state index is 12.9. The Hall–Kier alpha value is -3.00. The first-order valence-corrected chi connectivity index (χ1v) is 7.49. The molecule has 2 atom stereocenters. The molecule has 8 heteroatoms. The number of carbonyl (C=O) groups excluding carboxylic acids is 1. The maximum atomic E-state index is 12.9. The average molecular weight is 347 g/mol. The van der Waals surface area contributed by atoms with Crippen molar-refractivity contribution < 1.29 is 19.2 Å². The molecular formula is C17H18FN3O4. The lowest BCUT2D eigenvalue weighted by Gasteiger charge is -2.21. The molecule has 2 unspecified atom stereocenters. The van der Waals surface area contributed by atoms with Gasteiger partial charge in [0.05, 0.1) is 22.6 Å². The lowest BCUT2D eigenvalue weighted by molar-refractivity contribution is -0.384. The van der Waals surface area contributed by atoms with Gasteiger partial charge < -0.3 is 16.2 Å². The SMILES string of the molecule is Cc1cc(C(=O)NC(C)C(O)c2ccc(F)cc2)c(N)c([N+](=O)[O-])c1. The molecule has 0 saturated heterocycles. The molecule has 0 radical (unpaired) electrons. The van der Waals surface area contributed by atoms with Gasteiger partial charge in [0.1, 0.15) is 11.5 Å². The number of halogens is 1. The molecule has 0 heterocycles. The standard InChI is InChI=1S/C17H18FN3O4/c1-9-7-13(15(19)14(8-9)21(24)25)17(23)20-10(2)16(22)11-3-5-12(18)6-4-11/h3-8,10,16,22H,19H2,1-2H3,(H,20,23). The summed E-state index contributed by atoms with van der Waals surface area (Å²) < 4.78 is 12.9. The summed E-state index contributed by atoms with van der Waals surface area (Å²) in [5, 5.41) is 23.8. The van der Waals surface area contributed by atoms with Gasteiger partial charge in [-0.15, -0.1) is 0 Å². The highest BCUT2D eigenvalue weighted by molar-refractivity contribution is 6.01. The van der Waals surface area contributed by atoms with Crippen LogP contribution in [-0.4, -0.2) is 22.0 Å². The Morgan fingerprint density at radius 1 is 1.32 bits per heavy atom. The van der Waals surface area contributed by atoms with Crippen LogP contribution >= 0.6 is 0 Å². The number of nitro groups is 1. The van der Waals surface area contributed by atoms with Crippen LogP contribution in [0.5, 0.6) is 0 Å². The van der Waals surface area contributed by atoms with Crippen molar-refractivity contribution in [1.29, 1.82) is 0 Å². The van der Waals surface area contributed by atoms with Gasteiger partial charge >= 0.3 is 0 Å². The first-order chi connectivity index (χ1) is 11.7. The Balaban J connectivity index is 2.21. The number of nitrogens with two attached hydrogens (primary N) is 1. The van der Waals surface area contributed by atoms with E-state index in [0.29, 0.717) is 11.1 Å². The maximum Gasteiger partial charge on any atom is 0.293 e. The molecule has 2 rings (SSSR count). The minimum Gasteiger partial charge on any atom is -0.393 e. The molecule has 1 amide bonds. The summed E-state index contributed by atoms with van der Waals surface area (Å²) in [5.41, 5.74) is 6.04. The van der Waals surface area contributed by atoms with E-state index in [1.807, 2.05) is 0 Å². The third-order valence-corrected chi connectivity index (χ3v) is 3.79. The molecule has 4 N–H and O–H groups in total. The number of carbonyl (C=O) groups is 1. The molecule has 2 aromatic rings. The van der Waals surface area contributed by atoms with Gasteiger partial charge in [-0.2, -0.15) is 0 Å². The molecule has 0 fully saturated rings. The number of nitro benzene ring substituents is 1. The normalized spacial score (nSPS) is 13.1. The summed E-state index contributed by atoms with van der Waals surface area (Å²) in [4.78, 5) is 22.8. The second-order valence-corrected chi connectivity index (χ2v) is 5.76. The largest absolute Gasteiger partial charge is 0.393 e. The van der Waals surface area contributed by atoms with Crippen LogP contribution in [0, 0.1) is 22.9 Å². The summed E-state index contributed by atoms with van der Waals surface area (Å²) in [6, 6.07) is 7.22. The number of aliphatic hydroxyl groups excluding tert-OH is 1. The van der Waals surface area contributed by atoms with Gasteiger partial charge in [0.25, 0.3) is 11.6 Å². The minimum absolute atomic E-state index is 0.0372. The van der Waals surface area contributed by atoms with E-state index >= 15 is 0 Å². The van der Waals surface area contributed by atoms with Crippen molar-refractivity contribution in [3.63, 3.8) is 0 Å². The smallest absolute Gasteiger partial charge is 0.293 e. The molecule has 7 nitrogen and oxygen atoms in total. The minimum atomic E-state index is -1.08. The van der Waals surface area contributed by atoms with Gasteiger partial charge in [-0.3, -0.25) is 14.9 Å². The van der Waals surface area contributed by atoms with Crippen LogP contribution in [0.4, 0.5) is 15.8 Å². The molecule has 0 bridgehead atoms. The number of amides is 1. The van der Waals surface area contributed by atoms with Gasteiger partial charge in [-0.25, -0.2) is 4.39 Å². The molecule has 132 valence electrons. The molecule has 25 heavy (non-hydrogen) atoms. The molecule has 0 spiro atoms. The number of nitrogens with one attached hydrogen (secondary N) is 1. The Morgan fingerprint density at radius 3 is 2.48 bits per heavy atom. The second-order valence-electron chi connectivity index (χ2n) is 5.76. The summed E-state index contributed by atoms with van der Waals surface area (Å²) in [6.07, 6.45) is -1.08. The quantitative estimate of drug-likeness (QED) is 0.436. The summed E-state index contributed by atoms with van der Waals surface area (Å²) in [7, 11) is 0. The zero-order chi connectivity index (χ0) is 18.7. The van der Waals surface area contributed by atoms with Gasteiger partial charge in [0.15, 0.2) is 0 Å². The first-order valence-electron chi connectivity index (χ1n) is 7.49. The molecular weight excluding hydrogens is 329 g/mol. The van der Waals surface area contributed by atoms with Crippen molar-refractivity contribution in [3.05, 3.63) is 69.0 Å². The monoisotopic (exact) mass is 347 g/mol. The molecule has 0 saturated carbocycles. The Bertz CT molecular complexity index is 808. The van der Waals surface area contributed by atoms with Crippen molar-refractivity contribution in [2.45, 2.75) is 26.0 Å². The van der Waals surface area contributed by atoms with Crippen LogP contribution in [0.25, 0.3) is 0 Å². The van der Waals surface area contributed by atoms with Gasteiger partial charge in [0, 0.05) is 6.07 Å². The number of hydrogen-bond donors (Lipinski definition) is 3. The number of nitrogens with zero attached hydrogens (tertiary/aromatic N) is 1. The molecule has 2 aromatic carbocycles. The fourth-order valence-electron chi connectivity index (χ4n) is 2.43. The lowest BCUT2D eigenvalue weighted by atomic mass is 10.0. The highest BCUT2D eigenvalue weighted by Gasteiger charge is 2.24. The lowest BCUT2D eigenvalue weighted by Crippen LogP contribution is -2.37. The molecule has 0 aliphatic carbocycles. The van der Waals surface area contributed by atoms with Crippen molar-refractivity contribution in [3.8, 4) is 0 Å². The van der Waals surface area contributed by atoms with Gasteiger partial charge in [0.2, 0.25) is 0 Å². The van der Waals surface area contributed by atoms with E-state index in [1.54, 1.807) is 13.8 Å². The van der Waals surface area contributed by atoms with Crippen LogP contribution in [-0.2, 0) is 0 Å². The predicted molar refractivity (Wildman–Crippen MR) is 90.5 cm³/mol. The van der Waals surface area contributed by atoms with Crippen LogP contribution in [0.2, 0.25) is 0 Å². The summed E-state index contributed by atoms with van der Waals surface area (Å²) >= 11 is 0. The topological polar surface area (TPSA) is 118 Å². The number of anilines is 1. The number of rotatable bonds is 5. The fourth-order valence-corrected chi connectivity index (χ4v) is 2.43. The second kappa shape index (κ2) is 7.27. The molecule has 0 aliphatic rings. The number of nitrogen functional groups attached to an aromatic ring is 1. The van der Waals surface area contributed by atoms with Crippen LogP contribution in [0.15, 0.2) is 36.4 Å². The van der Waals surface area contributed by atoms with Crippen LogP contribution in [0.3, 0.4) is 0 Å². The fraction of sp³-hybridized carbons (Fsp3) is 0.235. The van der Waals surface area contributed by atoms with E-state index in [-0.39, 0.29) is 16.9 Å². The third kappa shape index (κ3) is 4.10. The number of aliphatic hydroxyl groups is 1. The van der Waals surface area contributed by atoms with E-state index in [4.69, 9.17) is 5.73 Å². The first kappa shape index (κ1) is 18.3. The van der Waals surface area contributed by atoms with Crippen molar-refractivity contribution in [2.75, 3.05) is 5.73 Å². The van der Waals surface area contributed by atoms with Crippen LogP contribution in [0.1, 0.15) is 34.5 Å². The predicted octanol–water partition coefficient (Wildman–Crippen LogP) is 2.48. The Labute approximate surface area is 143 Å². The van der Waals surface area contributed by atoms with Crippen molar-refractivity contribution >= 4 is 17.3 Å². The summed E-state index contributed by atoms with van der Waals surface area (Å²) in [5.74, 6) is -1.08. The van der Waals surface area contributed by atoms with E-state index in [0.717, 1.165) is 0 Å². The Kier molecular flexibility index (Phi) is 5.33. The van der Waals surface area contributed by atoms with Gasteiger partial charge in [-0.05, 0) is 43.2 Å². The number of hydrogen-bond acceptors (Lipinski definition) is 5. The van der Waals surface area contributed by atoms with E-state index in [2.05, 4.69) is 5.32 Å². The van der Waals surface area contributed by atoms with E-state index in [9.17, 15) is 24.4 Å². The molecule has 0 aromatic heterocycles. The summed E-state index contributed by atoms with van der Waals surface area (Å²) in [6.45, 7) is 3.17. The highest BCUT2D eigenvalue weighted by Crippen LogP contribution is 2.27. The Morgan fingerprint density at radius 2 is 1.92 bits per heavy atom. The third-order valence-electron chi connectivity index (χ3n) is 3.79. The zero-order valence-corrected chi connectivity index (χ0v) is 13.7. The number of aryl methyl sites for hydroxylation is 1. The van der Waals surface area contributed by atoms with Crippen LogP contribution < -0.4 is 11.1 Å². The van der Waals surface area contributed by atoms with Crippen molar-refractivity contribution in [1.82, 2.24) is 5.32 Å². The van der Waals surface area contributed by atoms with E-state index in [1.165, 1.54) is 36.4 Å². The average Bonchev–Trinajstić information content (AvgIpc) is 2.56. The zero-order valence-electron chi connectivity index (χ0n) is 13.7.